The number of nitrogens with one attached hydrogen (secondary N) is 1. The molecular formula is C11H15NO3. The average molecular weight is 209 g/mol. The Morgan fingerprint density at radius 1 is 1.40 bits per heavy atom. The van der Waals surface area contributed by atoms with Crippen molar-refractivity contribution >= 4 is 6.09 Å². The fourth-order valence-electron chi connectivity index (χ4n) is 1.23. The van der Waals surface area contributed by atoms with Gasteiger partial charge in [0.15, 0.2) is 0 Å². The van der Waals surface area contributed by atoms with Crippen molar-refractivity contribution < 1.29 is 14.6 Å². The lowest BCUT2D eigenvalue weighted by atomic mass is 10.1. The molecule has 0 spiro atoms. The third-order valence-electron chi connectivity index (χ3n) is 1.92. The van der Waals surface area contributed by atoms with Crippen LogP contribution < -0.4 is 10.1 Å². The normalized spacial score (nSPS) is 9.67. The van der Waals surface area contributed by atoms with Crippen LogP contribution in [0, 0.1) is 0 Å². The highest BCUT2D eigenvalue weighted by atomic mass is 16.5. The number of hydrogen-bond acceptors (Lipinski definition) is 2. The molecule has 0 saturated heterocycles. The lowest BCUT2D eigenvalue weighted by Gasteiger charge is -2.04. The first-order valence-corrected chi connectivity index (χ1v) is 4.91. The van der Waals surface area contributed by atoms with E-state index in [4.69, 9.17) is 9.84 Å². The quantitative estimate of drug-likeness (QED) is 0.778. The Kier molecular flexibility index (Phi) is 4.47. The molecule has 0 aliphatic heterocycles. The van der Waals surface area contributed by atoms with Gasteiger partial charge in [-0.25, -0.2) is 4.79 Å². The Morgan fingerprint density at radius 3 is 2.60 bits per heavy atom. The van der Waals surface area contributed by atoms with Crippen molar-refractivity contribution in [3.63, 3.8) is 0 Å². The minimum atomic E-state index is -0.985. The van der Waals surface area contributed by atoms with Crippen molar-refractivity contribution in [2.45, 2.75) is 13.3 Å². The maximum Gasteiger partial charge on any atom is 0.404 e. The molecule has 0 aromatic heterocycles. The minimum Gasteiger partial charge on any atom is -0.494 e. The monoisotopic (exact) mass is 209 g/mol. The zero-order valence-electron chi connectivity index (χ0n) is 8.69. The Hall–Kier alpha value is -1.71. The van der Waals surface area contributed by atoms with E-state index in [-0.39, 0.29) is 0 Å². The number of benzene rings is 1. The van der Waals surface area contributed by atoms with Crippen molar-refractivity contribution in [2.24, 2.45) is 0 Å². The standard InChI is InChI=1S/C11H15NO3/c1-2-15-10-5-3-9(4-6-10)7-8-12-11(13)14/h3-6,12H,2,7-8H2,1H3,(H,13,14). The number of ether oxygens (including phenoxy) is 1. The molecule has 15 heavy (non-hydrogen) atoms. The summed E-state index contributed by atoms with van der Waals surface area (Å²) >= 11 is 0. The molecule has 1 aromatic rings. The fourth-order valence-corrected chi connectivity index (χ4v) is 1.23. The van der Waals surface area contributed by atoms with E-state index < -0.39 is 6.09 Å². The molecule has 4 heteroatoms. The lowest BCUT2D eigenvalue weighted by molar-refractivity contribution is 0.194. The molecule has 1 amide bonds. The number of rotatable bonds is 5. The Morgan fingerprint density at radius 2 is 2.07 bits per heavy atom. The lowest BCUT2D eigenvalue weighted by Crippen LogP contribution is -2.23. The Labute approximate surface area is 88.9 Å². The summed E-state index contributed by atoms with van der Waals surface area (Å²) in [6.45, 7) is 3.02. The Bertz CT molecular complexity index is 308. The van der Waals surface area contributed by atoms with E-state index in [9.17, 15) is 4.79 Å². The van der Waals surface area contributed by atoms with E-state index in [2.05, 4.69) is 5.32 Å². The van der Waals surface area contributed by atoms with E-state index in [1.807, 2.05) is 31.2 Å². The molecule has 0 atom stereocenters. The van der Waals surface area contributed by atoms with E-state index in [0.717, 1.165) is 11.3 Å². The second kappa shape index (κ2) is 5.90. The smallest absolute Gasteiger partial charge is 0.404 e. The summed E-state index contributed by atoms with van der Waals surface area (Å²) in [5.41, 5.74) is 1.09. The van der Waals surface area contributed by atoms with Crippen molar-refractivity contribution in [1.82, 2.24) is 5.32 Å². The van der Waals surface area contributed by atoms with Gasteiger partial charge in [0.25, 0.3) is 0 Å². The van der Waals surface area contributed by atoms with Crippen LogP contribution in [0.5, 0.6) is 5.75 Å². The Balaban J connectivity index is 2.39. The zero-order chi connectivity index (χ0) is 11.1. The summed E-state index contributed by atoms with van der Waals surface area (Å²) in [5, 5.41) is 10.7. The summed E-state index contributed by atoms with van der Waals surface area (Å²) < 4.78 is 5.29. The van der Waals surface area contributed by atoms with Gasteiger partial charge in [-0.05, 0) is 31.0 Å². The van der Waals surface area contributed by atoms with Gasteiger partial charge in [0.05, 0.1) is 6.61 Å². The second-order valence-electron chi connectivity index (χ2n) is 3.06. The summed E-state index contributed by atoms with van der Waals surface area (Å²) in [7, 11) is 0. The SMILES string of the molecule is CCOc1ccc(CCNC(=O)O)cc1. The van der Waals surface area contributed by atoms with Gasteiger partial charge in [-0.15, -0.1) is 0 Å². The molecule has 0 saturated carbocycles. The molecule has 1 rings (SSSR count). The summed E-state index contributed by atoms with van der Waals surface area (Å²) in [4.78, 5) is 10.2. The number of amides is 1. The van der Waals surface area contributed by atoms with Crippen LogP contribution >= 0.6 is 0 Å². The molecule has 2 N–H and O–H groups in total. The largest absolute Gasteiger partial charge is 0.494 e. The van der Waals surface area contributed by atoms with Gasteiger partial charge in [0.1, 0.15) is 5.75 Å². The van der Waals surface area contributed by atoms with Crippen molar-refractivity contribution in [1.29, 1.82) is 0 Å². The van der Waals surface area contributed by atoms with E-state index in [1.54, 1.807) is 0 Å². The van der Waals surface area contributed by atoms with Crippen molar-refractivity contribution in [2.75, 3.05) is 13.2 Å². The van der Waals surface area contributed by atoms with Gasteiger partial charge >= 0.3 is 6.09 Å². The average Bonchev–Trinajstić information content (AvgIpc) is 2.20. The third-order valence-corrected chi connectivity index (χ3v) is 1.92. The molecule has 0 bridgehead atoms. The fraction of sp³-hybridized carbons (Fsp3) is 0.364. The predicted molar refractivity (Wildman–Crippen MR) is 57.3 cm³/mol. The van der Waals surface area contributed by atoms with Crippen LogP contribution in [0.25, 0.3) is 0 Å². The van der Waals surface area contributed by atoms with Crippen LogP contribution in [0.15, 0.2) is 24.3 Å². The number of hydrogen-bond donors (Lipinski definition) is 2. The number of carbonyl (C=O) groups is 1. The van der Waals surface area contributed by atoms with Crippen LogP contribution in [0.1, 0.15) is 12.5 Å². The van der Waals surface area contributed by atoms with Crippen LogP contribution in [-0.2, 0) is 6.42 Å². The predicted octanol–water partition coefficient (Wildman–Crippen LogP) is 1.90. The highest BCUT2D eigenvalue weighted by Crippen LogP contribution is 2.11. The third kappa shape index (κ3) is 4.35. The summed E-state index contributed by atoms with van der Waals surface area (Å²) in [6, 6.07) is 7.66. The molecule has 0 radical (unpaired) electrons. The molecule has 0 fully saturated rings. The van der Waals surface area contributed by atoms with Crippen LogP contribution in [0.4, 0.5) is 4.79 Å². The van der Waals surface area contributed by atoms with Crippen molar-refractivity contribution in [3.05, 3.63) is 29.8 Å². The van der Waals surface area contributed by atoms with Gasteiger partial charge in [-0.1, -0.05) is 12.1 Å². The molecule has 0 heterocycles. The van der Waals surface area contributed by atoms with E-state index in [1.165, 1.54) is 0 Å². The topological polar surface area (TPSA) is 58.6 Å². The van der Waals surface area contributed by atoms with Gasteiger partial charge < -0.3 is 15.2 Å². The van der Waals surface area contributed by atoms with Gasteiger partial charge in [0.2, 0.25) is 0 Å². The molecular weight excluding hydrogens is 194 g/mol. The first kappa shape index (κ1) is 11.4. The molecule has 4 nitrogen and oxygen atoms in total. The summed E-state index contributed by atoms with van der Waals surface area (Å²) in [5.74, 6) is 0.840. The highest BCUT2D eigenvalue weighted by molar-refractivity contribution is 5.64. The first-order chi connectivity index (χ1) is 7.22. The van der Waals surface area contributed by atoms with Gasteiger partial charge in [0, 0.05) is 6.54 Å². The highest BCUT2D eigenvalue weighted by Gasteiger charge is 1.97. The first-order valence-electron chi connectivity index (χ1n) is 4.91. The van der Waals surface area contributed by atoms with Gasteiger partial charge in [-0.2, -0.15) is 0 Å². The maximum atomic E-state index is 10.2. The second-order valence-corrected chi connectivity index (χ2v) is 3.06. The molecule has 82 valence electrons. The minimum absolute atomic E-state index is 0.434. The zero-order valence-corrected chi connectivity index (χ0v) is 8.69. The summed E-state index contributed by atoms with van der Waals surface area (Å²) in [6.07, 6.45) is -0.292. The van der Waals surface area contributed by atoms with E-state index >= 15 is 0 Å². The molecule has 0 unspecified atom stereocenters. The van der Waals surface area contributed by atoms with Gasteiger partial charge in [-0.3, -0.25) is 0 Å². The molecule has 0 aliphatic carbocycles. The van der Waals surface area contributed by atoms with E-state index in [0.29, 0.717) is 19.6 Å². The van der Waals surface area contributed by atoms with Crippen molar-refractivity contribution in [3.8, 4) is 5.75 Å². The molecule has 1 aromatic carbocycles. The van der Waals surface area contributed by atoms with Crippen LogP contribution in [0.2, 0.25) is 0 Å². The number of carboxylic acid groups (broad SMARTS) is 1. The molecule has 0 aliphatic rings. The van der Waals surface area contributed by atoms with Crippen LogP contribution in [0.3, 0.4) is 0 Å². The maximum absolute atomic E-state index is 10.2. The van der Waals surface area contributed by atoms with Crippen LogP contribution in [-0.4, -0.2) is 24.4 Å².